The van der Waals surface area contributed by atoms with Crippen LogP contribution >= 0.6 is 0 Å². The molecule has 6 nitrogen and oxygen atoms in total. The molecular formula is C21H21N5O. The van der Waals surface area contributed by atoms with E-state index < -0.39 is 17.4 Å². The Bertz CT molecular complexity index is 912. The van der Waals surface area contributed by atoms with Crippen molar-refractivity contribution in [2.24, 2.45) is 16.6 Å². The molecule has 2 unspecified atom stereocenters. The fraction of sp³-hybridized carbons (Fsp3) is 0.190. The third-order valence-corrected chi connectivity index (χ3v) is 4.55. The summed E-state index contributed by atoms with van der Waals surface area (Å²) in [6.45, 7) is 2.52. The van der Waals surface area contributed by atoms with Crippen LogP contribution in [0.25, 0.3) is 0 Å². The van der Waals surface area contributed by atoms with Crippen LogP contribution in [0.3, 0.4) is 0 Å². The summed E-state index contributed by atoms with van der Waals surface area (Å²) in [4.78, 5) is 16.3. The summed E-state index contributed by atoms with van der Waals surface area (Å²) in [5, 5.41) is 15.5. The molecule has 0 saturated carbocycles. The number of primary amides is 1. The molecule has 1 heterocycles. The van der Waals surface area contributed by atoms with Crippen molar-refractivity contribution in [2.45, 2.75) is 19.0 Å². The van der Waals surface area contributed by atoms with E-state index >= 15 is 0 Å². The minimum Gasteiger partial charge on any atom is -0.369 e. The van der Waals surface area contributed by atoms with Gasteiger partial charge >= 0.3 is 0 Å². The number of benzene rings is 2. The van der Waals surface area contributed by atoms with Crippen molar-refractivity contribution in [3.63, 3.8) is 0 Å². The van der Waals surface area contributed by atoms with Gasteiger partial charge in [-0.3, -0.25) is 4.79 Å². The van der Waals surface area contributed by atoms with Crippen LogP contribution in [0.2, 0.25) is 0 Å². The molecule has 0 spiro atoms. The number of amides is 1. The molecule has 4 N–H and O–H groups in total. The maximum absolute atomic E-state index is 11.9. The summed E-state index contributed by atoms with van der Waals surface area (Å²) >= 11 is 0. The maximum Gasteiger partial charge on any atom is 0.228 e. The number of nitriles is 1. The van der Waals surface area contributed by atoms with Crippen molar-refractivity contribution < 1.29 is 4.79 Å². The third kappa shape index (κ3) is 4.40. The van der Waals surface area contributed by atoms with Gasteiger partial charge in [-0.1, -0.05) is 30.3 Å². The molecule has 0 aromatic heterocycles. The Morgan fingerprint density at radius 3 is 2.56 bits per heavy atom. The lowest BCUT2D eigenvalue weighted by molar-refractivity contribution is -0.121. The molecule has 0 radical (unpaired) electrons. The van der Waals surface area contributed by atoms with E-state index in [4.69, 9.17) is 11.0 Å². The van der Waals surface area contributed by atoms with E-state index in [2.05, 4.69) is 21.7 Å². The molecule has 2 aromatic carbocycles. The summed E-state index contributed by atoms with van der Waals surface area (Å²) in [5.41, 5.74) is 7.41. The first-order chi connectivity index (χ1) is 13.0. The third-order valence-electron chi connectivity index (χ3n) is 4.55. The van der Waals surface area contributed by atoms with Gasteiger partial charge in [-0.05, 0) is 42.8 Å². The van der Waals surface area contributed by atoms with Crippen molar-refractivity contribution in [1.29, 1.82) is 5.26 Å². The number of hydrogen-bond acceptors (Lipinski definition) is 5. The van der Waals surface area contributed by atoms with E-state index in [9.17, 15) is 4.79 Å². The Hall–Kier alpha value is -3.43. The Balaban J connectivity index is 1.80. The predicted octanol–water partition coefficient (Wildman–Crippen LogP) is 2.55. The van der Waals surface area contributed by atoms with Gasteiger partial charge in [-0.25, -0.2) is 4.99 Å². The van der Waals surface area contributed by atoms with Gasteiger partial charge in [0.1, 0.15) is 5.82 Å². The van der Waals surface area contributed by atoms with Crippen LogP contribution in [0.1, 0.15) is 18.1 Å². The van der Waals surface area contributed by atoms with Crippen LogP contribution < -0.4 is 16.4 Å². The van der Waals surface area contributed by atoms with Gasteiger partial charge in [0.05, 0.1) is 23.1 Å². The molecule has 1 aliphatic heterocycles. The summed E-state index contributed by atoms with van der Waals surface area (Å²) in [7, 11) is 0. The van der Waals surface area contributed by atoms with E-state index in [1.807, 2.05) is 55.5 Å². The quantitative estimate of drug-likeness (QED) is 0.737. The standard InChI is InChI=1S/C21H21N5O/c1-21(25-13-16-5-3-2-4-6-16)11-19(24-14-18(21)20(23)27)26-17-9-7-15(12-22)8-10-17/h2-11,14,18,25-26H,13H2,1H3,(H2,23,27). The Morgan fingerprint density at radius 2 is 1.93 bits per heavy atom. The number of hydrogen-bond donors (Lipinski definition) is 3. The largest absolute Gasteiger partial charge is 0.369 e. The van der Waals surface area contributed by atoms with E-state index in [0.717, 1.165) is 11.3 Å². The number of nitrogens with two attached hydrogens (primary N) is 1. The van der Waals surface area contributed by atoms with Gasteiger partial charge in [-0.15, -0.1) is 0 Å². The van der Waals surface area contributed by atoms with Gasteiger partial charge in [0.25, 0.3) is 0 Å². The van der Waals surface area contributed by atoms with Crippen LogP contribution in [0.4, 0.5) is 5.69 Å². The van der Waals surface area contributed by atoms with Gasteiger partial charge in [0.15, 0.2) is 0 Å². The van der Waals surface area contributed by atoms with Crippen molar-refractivity contribution in [1.82, 2.24) is 5.32 Å². The fourth-order valence-corrected chi connectivity index (χ4v) is 2.98. The number of carbonyl (C=O) groups excluding carboxylic acids is 1. The van der Waals surface area contributed by atoms with Gasteiger partial charge in [0.2, 0.25) is 5.91 Å². The molecule has 6 heteroatoms. The second-order valence-electron chi connectivity index (χ2n) is 6.62. The molecule has 2 atom stereocenters. The highest BCUT2D eigenvalue weighted by atomic mass is 16.1. The van der Waals surface area contributed by atoms with Gasteiger partial charge in [0, 0.05) is 18.4 Å². The average Bonchev–Trinajstić information content (AvgIpc) is 2.68. The molecule has 2 aromatic rings. The Morgan fingerprint density at radius 1 is 1.22 bits per heavy atom. The summed E-state index contributed by atoms with van der Waals surface area (Å²) < 4.78 is 0. The molecule has 136 valence electrons. The SMILES string of the molecule is CC1(NCc2ccccc2)C=C(Nc2ccc(C#N)cc2)N=CC1C(N)=O. The number of anilines is 1. The molecule has 0 saturated heterocycles. The number of aliphatic imine (C=N–C) groups is 1. The van der Waals surface area contributed by atoms with Crippen molar-refractivity contribution in [2.75, 3.05) is 5.32 Å². The zero-order chi connectivity index (χ0) is 19.3. The first-order valence-electron chi connectivity index (χ1n) is 8.63. The van der Waals surface area contributed by atoms with E-state index in [1.54, 1.807) is 18.3 Å². The minimum atomic E-state index is -0.682. The highest BCUT2D eigenvalue weighted by molar-refractivity contribution is 5.95. The highest BCUT2D eigenvalue weighted by Crippen LogP contribution is 2.26. The Kier molecular flexibility index (Phi) is 5.34. The molecule has 0 aliphatic carbocycles. The number of nitrogens with zero attached hydrogens (tertiary/aromatic N) is 2. The average molecular weight is 359 g/mol. The first-order valence-corrected chi connectivity index (χ1v) is 8.63. The smallest absolute Gasteiger partial charge is 0.228 e. The van der Waals surface area contributed by atoms with Gasteiger partial charge in [-0.2, -0.15) is 5.26 Å². The number of nitrogens with one attached hydrogen (secondary N) is 2. The fourth-order valence-electron chi connectivity index (χ4n) is 2.98. The van der Waals surface area contributed by atoms with Crippen LogP contribution in [0, 0.1) is 17.2 Å². The predicted molar refractivity (Wildman–Crippen MR) is 106 cm³/mol. The van der Waals surface area contributed by atoms with Crippen LogP contribution in [0.15, 0.2) is 71.5 Å². The molecule has 3 rings (SSSR count). The lowest BCUT2D eigenvalue weighted by Gasteiger charge is -2.35. The second kappa shape index (κ2) is 7.85. The normalized spacial score (nSPS) is 21.2. The molecule has 1 amide bonds. The van der Waals surface area contributed by atoms with E-state index in [0.29, 0.717) is 17.9 Å². The zero-order valence-electron chi connectivity index (χ0n) is 15.0. The van der Waals surface area contributed by atoms with Crippen molar-refractivity contribution in [3.05, 3.63) is 77.6 Å². The lowest BCUT2D eigenvalue weighted by Crippen LogP contribution is -2.54. The van der Waals surface area contributed by atoms with Gasteiger partial charge < -0.3 is 16.4 Å². The monoisotopic (exact) mass is 359 g/mol. The number of rotatable bonds is 6. The van der Waals surface area contributed by atoms with Crippen molar-refractivity contribution in [3.8, 4) is 6.07 Å². The van der Waals surface area contributed by atoms with E-state index in [-0.39, 0.29) is 0 Å². The van der Waals surface area contributed by atoms with Crippen LogP contribution in [-0.2, 0) is 11.3 Å². The highest BCUT2D eigenvalue weighted by Gasteiger charge is 2.37. The summed E-state index contributed by atoms with van der Waals surface area (Å²) in [6.07, 6.45) is 3.45. The van der Waals surface area contributed by atoms with Crippen molar-refractivity contribution >= 4 is 17.8 Å². The van der Waals surface area contributed by atoms with Crippen LogP contribution in [0.5, 0.6) is 0 Å². The molecular weight excluding hydrogens is 338 g/mol. The minimum absolute atomic E-state index is 0.435. The van der Waals surface area contributed by atoms with E-state index in [1.165, 1.54) is 0 Å². The first kappa shape index (κ1) is 18.4. The zero-order valence-corrected chi connectivity index (χ0v) is 15.0. The summed E-state index contributed by atoms with van der Waals surface area (Å²) in [6, 6.07) is 19.1. The maximum atomic E-state index is 11.9. The summed E-state index contributed by atoms with van der Waals surface area (Å²) in [5.74, 6) is -0.386. The molecule has 0 fully saturated rings. The molecule has 1 aliphatic rings. The molecule has 0 bridgehead atoms. The lowest BCUT2D eigenvalue weighted by atomic mass is 9.83. The topological polar surface area (TPSA) is 103 Å². The molecule has 27 heavy (non-hydrogen) atoms. The van der Waals surface area contributed by atoms with Crippen LogP contribution in [-0.4, -0.2) is 17.7 Å². The number of carbonyl (C=O) groups is 1. The Labute approximate surface area is 158 Å². The second-order valence-corrected chi connectivity index (χ2v) is 6.62.